The number of rotatable bonds is 6. The van der Waals surface area contributed by atoms with Crippen LogP contribution in [-0.4, -0.2) is 52.4 Å². The van der Waals surface area contributed by atoms with Crippen LogP contribution in [0.15, 0.2) is 30.3 Å². The van der Waals surface area contributed by atoms with E-state index in [1.54, 1.807) is 21.3 Å². The first-order valence-electron chi connectivity index (χ1n) is 9.39. The minimum atomic E-state index is 0. The van der Waals surface area contributed by atoms with E-state index in [2.05, 4.69) is 41.8 Å². The second kappa shape index (κ2) is 9.89. The highest BCUT2D eigenvalue weighted by Gasteiger charge is 2.19. The first-order chi connectivity index (χ1) is 13.0. The largest absolute Gasteiger partial charge is 0.493 e. The number of methoxy groups -OCH3 is 3. The zero-order valence-corrected chi connectivity index (χ0v) is 18.3. The molecule has 0 bridgehead atoms. The van der Waals surface area contributed by atoms with Crippen LogP contribution < -0.4 is 19.1 Å². The SMILES string of the molecule is COc1cc(CN2CCN(c3ccc(C)c(C)c3)CC2)cc(OC)c1OC.Cl. The highest BCUT2D eigenvalue weighted by atomic mass is 35.5. The van der Waals surface area contributed by atoms with E-state index >= 15 is 0 Å². The van der Waals surface area contributed by atoms with Gasteiger partial charge in [0.15, 0.2) is 11.5 Å². The highest BCUT2D eigenvalue weighted by Crippen LogP contribution is 2.38. The van der Waals surface area contributed by atoms with Crippen molar-refractivity contribution in [2.75, 3.05) is 52.4 Å². The number of hydrogen-bond acceptors (Lipinski definition) is 5. The number of ether oxygens (including phenoxy) is 3. The van der Waals surface area contributed by atoms with Gasteiger partial charge in [0.2, 0.25) is 5.75 Å². The van der Waals surface area contributed by atoms with Gasteiger partial charge >= 0.3 is 0 Å². The van der Waals surface area contributed by atoms with Gasteiger partial charge in [-0.3, -0.25) is 4.90 Å². The third-order valence-corrected chi connectivity index (χ3v) is 5.36. The number of aryl methyl sites for hydroxylation is 2. The smallest absolute Gasteiger partial charge is 0.203 e. The topological polar surface area (TPSA) is 34.2 Å². The Labute approximate surface area is 174 Å². The molecule has 0 saturated carbocycles. The van der Waals surface area contributed by atoms with Gasteiger partial charge in [-0.25, -0.2) is 0 Å². The molecule has 0 N–H and O–H groups in total. The fourth-order valence-corrected chi connectivity index (χ4v) is 3.57. The maximum atomic E-state index is 5.47. The van der Waals surface area contributed by atoms with Crippen LogP contribution in [0.5, 0.6) is 17.2 Å². The average molecular weight is 407 g/mol. The van der Waals surface area contributed by atoms with Gasteiger partial charge in [-0.15, -0.1) is 12.4 Å². The minimum Gasteiger partial charge on any atom is -0.493 e. The van der Waals surface area contributed by atoms with Gasteiger partial charge in [-0.05, 0) is 54.8 Å². The second-order valence-corrected chi connectivity index (χ2v) is 7.07. The van der Waals surface area contributed by atoms with Crippen LogP contribution in [0.3, 0.4) is 0 Å². The van der Waals surface area contributed by atoms with E-state index in [4.69, 9.17) is 14.2 Å². The lowest BCUT2D eigenvalue weighted by Crippen LogP contribution is -2.46. The number of benzene rings is 2. The van der Waals surface area contributed by atoms with Gasteiger partial charge in [0, 0.05) is 38.4 Å². The lowest BCUT2D eigenvalue weighted by molar-refractivity contribution is 0.248. The van der Waals surface area contributed by atoms with Gasteiger partial charge in [-0.2, -0.15) is 0 Å². The molecule has 0 radical (unpaired) electrons. The Balaban J connectivity index is 0.00000280. The molecule has 1 heterocycles. The lowest BCUT2D eigenvalue weighted by atomic mass is 10.1. The minimum absolute atomic E-state index is 0. The molecule has 154 valence electrons. The van der Waals surface area contributed by atoms with Gasteiger partial charge < -0.3 is 19.1 Å². The molecule has 0 amide bonds. The molecule has 1 saturated heterocycles. The van der Waals surface area contributed by atoms with E-state index in [1.165, 1.54) is 22.4 Å². The first-order valence-corrected chi connectivity index (χ1v) is 9.39. The number of hydrogen-bond donors (Lipinski definition) is 0. The van der Waals surface area contributed by atoms with Crippen LogP contribution in [-0.2, 0) is 6.54 Å². The number of piperazine rings is 1. The molecule has 2 aromatic carbocycles. The molecular formula is C22H31ClN2O3. The summed E-state index contributed by atoms with van der Waals surface area (Å²) in [6.45, 7) is 9.35. The molecule has 3 rings (SSSR count). The van der Waals surface area contributed by atoms with Crippen LogP contribution in [0.25, 0.3) is 0 Å². The summed E-state index contributed by atoms with van der Waals surface area (Å²) in [6.07, 6.45) is 0. The quantitative estimate of drug-likeness (QED) is 0.722. The van der Waals surface area contributed by atoms with Crippen molar-refractivity contribution in [3.8, 4) is 17.2 Å². The Morgan fingerprint density at radius 1 is 0.786 bits per heavy atom. The maximum Gasteiger partial charge on any atom is 0.203 e. The maximum absolute atomic E-state index is 5.47. The molecule has 1 aliphatic heterocycles. The van der Waals surface area contributed by atoms with Crippen molar-refractivity contribution in [1.82, 2.24) is 4.90 Å². The fraction of sp³-hybridized carbons (Fsp3) is 0.455. The average Bonchev–Trinajstić information content (AvgIpc) is 2.69. The van der Waals surface area contributed by atoms with Crippen molar-refractivity contribution < 1.29 is 14.2 Å². The summed E-state index contributed by atoms with van der Waals surface area (Å²) in [5, 5.41) is 0. The van der Waals surface area contributed by atoms with Crippen molar-refractivity contribution in [2.24, 2.45) is 0 Å². The van der Waals surface area contributed by atoms with Gasteiger partial charge in [0.25, 0.3) is 0 Å². The third-order valence-electron chi connectivity index (χ3n) is 5.36. The van der Waals surface area contributed by atoms with Crippen molar-refractivity contribution >= 4 is 18.1 Å². The molecule has 1 fully saturated rings. The molecule has 0 atom stereocenters. The summed E-state index contributed by atoms with van der Waals surface area (Å²) >= 11 is 0. The third kappa shape index (κ3) is 4.83. The summed E-state index contributed by atoms with van der Waals surface area (Å²) in [7, 11) is 4.94. The van der Waals surface area contributed by atoms with Crippen molar-refractivity contribution in [3.63, 3.8) is 0 Å². The van der Waals surface area contributed by atoms with E-state index in [1.807, 2.05) is 12.1 Å². The van der Waals surface area contributed by atoms with Crippen molar-refractivity contribution in [1.29, 1.82) is 0 Å². The van der Waals surface area contributed by atoms with Gasteiger partial charge in [-0.1, -0.05) is 6.07 Å². The van der Waals surface area contributed by atoms with Crippen molar-refractivity contribution in [2.45, 2.75) is 20.4 Å². The first kappa shape index (κ1) is 22.2. The van der Waals surface area contributed by atoms with E-state index in [-0.39, 0.29) is 12.4 Å². The summed E-state index contributed by atoms with van der Waals surface area (Å²) in [5.41, 5.74) is 5.20. The van der Waals surface area contributed by atoms with Crippen LogP contribution in [0.1, 0.15) is 16.7 Å². The second-order valence-electron chi connectivity index (χ2n) is 7.07. The van der Waals surface area contributed by atoms with Crippen LogP contribution in [0.2, 0.25) is 0 Å². The molecule has 6 heteroatoms. The Morgan fingerprint density at radius 2 is 1.39 bits per heavy atom. The molecule has 2 aromatic rings. The van der Waals surface area contributed by atoms with E-state index in [0.29, 0.717) is 17.2 Å². The van der Waals surface area contributed by atoms with Crippen LogP contribution in [0.4, 0.5) is 5.69 Å². The molecule has 1 aliphatic rings. The molecule has 0 unspecified atom stereocenters. The number of halogens is 1. The van der Waals surface area contributed by atoms with E-state index in [0.717, 1.165) is 32.7 Å². The Bertz CT molecular complexity index is 764. The molecule has 0 aliphatic carbocycles. The summed E-state index contributed by atoms with van der Waals surface area (Å²) in [4.78, 5) is 4.94. The van der Waals surface area contributed by atoms with Gasteiger partial charge in [0.05, 0.1) is 21.3 Å². The Morgan fingerprint density at radius 3 is 1.89 bits per heavy atom. The Hall–Kier alpha value is -2.11. The zero-order valence-electron chi connectivity index (χ0n) is 17.4. The lowest BCUT2D eigenvalue weighted by Gasteiger charge is -2.36. The summed E-state index contributed by atoms with van der Waals surface area (Å²) in [5.74, 6) is 2.06. The van der Waals surface area contributed by atoms with Crippen LogP contribution in [0, 0.1) is 13.8 Å². The van der Waals surface area contributed by atoms with Crippen LogP contribution >= 0.6 is 12.4 Å². The number of anilines is 1. The van der Waals surface area contributed by atoms with E-state index < -0.39 is 0 Å². The van der Waals surface area contributed by atoms with Crippen molar-refractivity contribution in [3.05, 3.63) is 47.0 Å². The van der Waals surface area contributed by atoms with E-state index in [9.17, 15) is 0 Å². The molecule has 28 heavy (non-hydrogen) atoms. The molecule has 0 aromatic heterocycles. The van der Waals surface area contributed by atoms with Gasteiger partial charge in [0.1, 0.15) is 0 Å². The zero-order chi connectivity index (χ0) is 19.4. The standard InChI is InChI=1S/C22H30N2O3.ClH/c1-16-6-7-19(12-17(16)2)24-10-8-23(9-11-24)15-18-13-20(25-3)22(27-5)21(14-18)26-4;/h6-7,12-14H,8-11,15H2,1-5H3;1H. The normalized spacial score (nSPS) is 14.4. The highest BCUT2D eigenvalue weighted by molar-refractivity contribution is 5.85. The molecular weight excluding hydrogens is 376 g/mol. The monoisotopic (exact) mass is 406 g/mol. The number of nitrogens with zero attached hydrogens (tertiary/aromatic N) is 2. The Kier molecular flexibility index (Phi) is 7.84. The predicted octanol–water partition coefficient (Wildman–Crippen LogP) is 4.07. The predicted molar refractivity (Wildman–Crippen MR) is 117 cm³/mol. The molecule has 5 nitrogen and oxygen atoms in total. The summed E-state index contributed by atoms with van der Waals surface area (Å²) < 4.78 is 16.4. The fourth-order valence-electron chi connectivity index (χ4n) is 3.57. The molecule has 0 spiro atoms. The summed E-state index contributed by atoms with van der Waals surface area (Å²) in [6, 6.07) is 10.8.